The third-order valence-electron chi connectivity index (χ3n) is 4.07. The van der Waals surface area contributed by atoms with Gasteiger partial charge in [0.1, 0.15) is 13.2 Å². The molecule has 2 aromatic carbocycles. The summed E-state index contributed by atoms with van der Waals surface area (Å²) in [6, 6.07) is 12.8. The van der Waals surface area contributed by atoms with Crippen molar-refractivity contribution in [2.24, 2.45) is 0 Å². The quantitative estimate of drug-likeness (QED) is 0.858. The van der Waals surface area contributed by atoms with Gasteiger partial charge in [0.25, 0.3) is 0 Å². The molecule has 1 unspecified atom stereocenters. The van der Waals surface area contributed by atoms with Crippen molar-refractivity contribution in [2.75, 3.05) is 19.8 Å². The van der Waals surface area contributed by atoms with Crippen molar-refractivity contribution in [2.45, 2.75) is 12.5 Å². The van der Waals surface area contributed by atoms with E-state index in [9.17, 15) is 0 Å². The summed E-state index contributed by atoms with van der Waals surface area (Å²) in [5.41, 5.74) is 3.89. The minimum Gasteiger partial charge on any atom is -0.486 e. The average Bonchev–Trinajstić information content (AvgIpc) is 2.53. The first-order valence-corrected chi connectivity index (χ1v) is 8.02. The third kappa shape index (κ3) is 2.32. The predicted octanol–water partition coefficient (Wildman–Crippen LogP) is 3.46. The van der Waals surface area contributed by atoms with Crippen LogP contribution < -0.4 is 14.8 Å². The van der Waals surface area contributed by atoms with Gasteiger partial charge in [0.15, 0.2) is 11.5 Å². The Balaban J connectivity index is 1.82. The summed E-state index contributed by atoms with van der Waals surface area (Å²) in [7, 11) is 0. The van der Waals surface area contributed by atoms with Crippen LogP contribution >= 0.6 is 15.9 Å². The summed E-state index contributed by atoms with van der Waals surface area (Å²) >= 11 is 3.66. The number of rotatable bonds is 1. The van der Waals surface area contributed by atoms with E-state index < -0.39 is 0 Å². The van der Waals surface area contributed by atoms with E-state index in [0.717, 1.165) is 28.9 Å². The number of hydrogen-bond acceptors (Lipinski definition) is 3. The fraction of sp³-hybridized carbons (Fsp3) is 0.294. The van der Waals surface area contributed by atoms with Crippen molar-refractivity contribution in [1.29, 1.82) is 0 Å². The molecule has 108 valence electrons. The number of fused-ring (bicyclic) bond motifs is 2. The molecular formula is C17H16BrNO2. The number of hydrogen-bond donors (Lipinski definition) is 1. The molecule has 0 saturated heterocycles. The second-order valence-corrected chi connectivity index (χ2v) is 6.21. The Morgan fingerprint density at radius 2 is 1.76 bits per heavy atom. The molecule has 1 N–H and O–H groups in total. The van der Waals surface area contributed by atoms with Crippen molar-refractivity contribution in [3.05, 3.63) is 57.6 Å². The normalized spacial score (nSPS) is 20.0. The lowest BCUT2D eigenvalue weighted by Crippen LogP contribution is -2.31. The Bertz CT molecular complexity index is 686. The van der Waals surface area contributed by atoms with E-state index in [2.05, 4.69) is 51.6 Å². The van der Waals surface area contributed by atoms with Crippen molar-refractivity contribution in [3.63, 3.8) is 0 Å². The number of halogens is 1. The zero-order valence-corrected chi connectivity index (χ0v) is 13.2. The van der Waals surface area contributed by atoms with Crippen LogP contribution in [0.2, 0.25) is 0 Å². The molecule has 2 aromatic rings. The zero-order valence-electron chi connectivity index (χ0n) is 11.6. The van der Waals surface area contributed by atoms with Crippen LogP contribution in [0.3, 0.4) is 0 Å². The molecule has 2 aliphatic heterocycles. The predicted molar refractivity (Wildman–Crippen MR) is 85.1 cm³/mol. The van der Waals surface area contributed by atoms with Crippen LogP contribution in [0.5, 0.6) is 11.5 Å². The molecule has 2 aliphatic rings. The van der Waals surface area contributed by atoms with Crippen LogP contribution in [0, 0.1) is 0 Å². The van der Waals surface area contributed by atoms with Gasteiger partial charge < -0.3 is 14.8 Å². The van der Waals surface area contributed by atoms with E-state index in [4.69, 9.17) is 9.47 Å². The van der Waals surface area contributed by atoms with Crippen molar-refractivity contribution in [3.8, 4) is 11.5 Å². The Morgan fingerprint density at radius 1 is 1.00 bits per heavy atom. The molecule has 4 heteroatoms. The molecule has 21 heavy (non-hydrogen) atoms. The molecule has 0 saturated carbocycles. The molecule has 2 heterocycles. The molecule has 0 radical (unpaired) electrons. The fourth-order valence-corrected chi connectivity index (χ4v) is 3.59. The smallest absolute Gasteiger partial charge is 0.161 e. The van der Waals surface area contributed by atoms with Crippen molar-refractivity contribution < 1.29 is 9.47 Å². The summed E-state index contributed by atoms with van der Waals surface area (Å²) < 4.78 is 12.6. The standard InChI is InChI=1S/C17H16BrNO2/c18-14-4-2-1-3-12(14)17-13-10-16-15(20-7-8-21-16)9-11(13)5-6-19-17/h1-4,9-10,17,19H,5-8H2. The van der Waals surface area contributed by atoms with Gasteiger partial charge in [-0.05, 0) is 41.3 Å². The number of ether oxygens (including phenoxy) is 2. The Kier molecular flexibility index (Phi) is 3.36. The van der Waals surface area contributed by atoms with Gasteiger partial charge in [-0.15, -0.1) is 0 Å². The lowest BCUT2D eigenvalue weighted by Gasteiger charge is -2.30. The highest BCUT2D eigenvalue weighted by Crippen LogP contribution is 2.40. The van der Waals surface area contributed by atoms with Gasteiger partial charge in [0.2, 0.25) is 0 Å². The third-order valence-corrected chi connectivity index (χ3v) is 4.80. The lowest BCUT2D eigenvalue weighted by atomic mass is 9.89. The first kappa shape index (κ1) is 13.2. The first-order chi connectivity index (χ1) is 10.3. The second-order valence-electron chi connectivity index (χ2n) is 5.35. The van der Waals surface area contributed by atoms with Gasteiger partial charge in [-0.1, -0.05) is 34.1 Å². The van der Waals surface area contributed by atoms with Gasteiger partial charge in [0, 0.05) is 11.0 Å². The van der Waals surface area contributed by atoms with Gasteiger partial charge in [-0.2, -0.15) is 0 Å². The molecule has 0 aromatic heterocycles. The topological polar surface area (TPSA) is 30.5 Å². The maximum Gasteiger partial charge on any atom is 0.161 e. The van der Waals surface area contributed by atoms with Crippen LogP contribution in [0.1, 0.15) is 22.7 Å². The molecule has 0 bridgehead atoms. The minimum atomic E-state index is 0.195. The van der Waals surface area contributed by atoms with Crippen LogP contribution in [0.25, 0.3) is 0 Å². The summed E-state index contributed by atoms with van der Waals surface area (Å²) in [4.78, 5) is 0. The monoisotopic (exact) mass is 345 g/mol. The van der Waals surface area contributed by atoms with E-state index >= 15 is 0 Å². The molecule has 0 amide bonds. The minimum absolute atomic E-state index is 0.195. The van der Waals surface area contributed by atoms with E-state index in [0.29, 0.717) is 13.2 Å². The highest BCUT2D eigenvalue weighted by atomic mass is 79.9. The Morgan fingerprint density at radius 3 is 2.57 bits per heavy atom. The van der Waals surface area contributed by atoms with Crippen LogP contribution in [0.15, 0.2) is 40.9 Å². The highest BCUT2D eigenvalue weighted by molar-refractivity contribution is 9.10. The van der Waals surface area contributed by atoms with E-state index in [1.54, 1.807) is 0 Å². The van der Waals surface area contributed by atoms with Crippen molar-refractivity contribution in [1.82, 2.24) is 5.32 Å². The maximum atomic E-state index is 5.74. The largest absolute Gasteiger partial charge is 0.486 e. The molecular weight excluding hydrogens is 330 g/mol. The average molecular weight is 346 g/mol. The highest BCUT2D eigenvalue weighted by Gasteiger charge is 2.26. The summed E-state index contributed by atoms with van der Waals surface area (Å²) in [6.07, 6.45) is 1.02. The molecule has 0 spiro atoms. The van der Waals surface area contributed by atoms with Crippen molar-refractivity contribution >= 4 is 15.9 Å². The van der Waals surface area contributed by atoms with Gasteiger partial charge in [0.05, 0.1) is 6.04 Å². The van der Waals surface area contributed by atoms with Crippen LogP contribution in [-0.4, -0.2) is 19.8 Å². The van der Waals surface area contributed by atoms with Gasteiger partial charge >= 0.3 is 0 Å². The SMILES string of the molecule is Brc1ccccc1C1NCCc2cc3c(cc21)OCCO3. The maximum absolute atomic E-state index is 5.74. The van der Waals surface area contributed by atoms with E-state index in [1.807, 2.05) is 6.07 Å². The molecule has 0 fully saturated rings. The lowest BCUT2D eigenvalue weighted by molar-refractivity contribution is 0.171. The van der Waals surface area contributed by atoms with Crippen LogP contribution in [0.4, 0.5) is 0 Å². The fourth-order valence-electron chi connectivity index (χ4n) is 3.08. The molecule has 1 atom stereocenters. The molecule has 4 rings (SSSR count). The number of benzene rings is 2. The van der Waals surface area contributed by atoms with E-state index in [1.165, 1.54) is 16.7 Å². The summed E-state index contributed by atoms with van der Waals surface area (Å²) in [6.45, 7) is 2.23. The Labute approximate surface area is 132 Å². The summed E-state index contributed by atoms with van der Waals surface area (Å²) in [5, 5.41) is 3.61. The molecule has 0 aliphatic carbocycles. The summed E-state index contributed by atoms with van der Waals surface area (Å²) in [5.74, 6) is 1.74. The van der Waals surface area contributed by atoms with Gasteiger partial charge in [-0.25, -0.2) is 0 Å². The molecule has 3 nitrogen and oxygen atoms in total. The van der Waals surface area contributed by atoms with Crippen LogP contribution in [-0.2, 0) is 6.42 Å². The second kappa shape index (κ2) is 5.35. The first-order valence-electron chi connectivity index (χ1n) is 7.23. The van der Waals surface area contributed by atoms with Gasteiger partial charge in [-0.3, -0.25) is 0 Å². The Hall–Kier alpha value is -1.52. The van der Waals surface area contributed by atoms with E-state index in [-0.39, 0.29) is 6.04 Å². The number of nitrogens with one attached hydrogen (secondary N) is 1. The zero-order chi connectivity index (χ0) is 14.2.